The second-order valence-electron chi connectivity index (χ2n) is 4.96. The van der Waals surface area contributed by atoms with Crippen molar-refractivity contribution in [2.45, 2.75) is 20.4 Å². The highest BCUT2D eigenvalue weighted by Gasteiger charge is 2.21. The number of hydrogen-bond donors (Lipinski definition) is 1. The SMILES string of the molecule is CCn1nc(-c2ccccc2)c2c(C)c(C(N)=O)sc2c1=O. The Balaban J connectivity index is 2.48. The summed E-state index contributed by atoms with van der Waals surface area (Å²) in [6.45, 7) is 4.14. The zero-order valence-electron chi connectivity index (χ0n) is 12.3. The monoisotopic (exact) mass is 313 g/mol. The molecule has 3 aromatic rings. The van der Waals surface area contributed by atoms with Crippen molar-refractivity contribution in [3.8, 4) is 11.3 Å². The van der Waals surface area contributed by atoms with Crippen LogP contribution >= 0.6 is 11.3 Å². The van der Waals surface area contributed by atoms with Gasteiger partial charge >= 0.3 is 0 Å². The summed E-state index contributed by atoms with van der Waals surface area (Å²) in [5, 5.41) is 5.20. The quantitative estimate of drug-likeness (QED) is 0.807. The van der Waals surface area contributed by atoms with Crippen molar-refractivity contribution < 1.29 is 4.79 Å². The molecule has 2 N–H and O–H groups in total. The smallest absolute Gasteiger partial charge is 0.284 e. The number of nitrogens with two attached hydrogens (primary N) is 1. The number of carbonyl (C=O) groups is 1. The van der Waals surface area contributed by atoms with E-state index in [0.29, 0.717) is 21.8 Å². The molecule has 0 bridgehead atoms. The minimum absolute atomic E-state index is 0.183. The maximum absolute atomic E-state index is 12.5. The van der Waals surface area contributed by atoms with E-state index < -0.39 is 5.91 Å². The van der Waals surface area contributed by atoms with Crippen molar-refractivity contribution >= 4 is 27.3 Å². The number of fused-ring (bicyclic) bond motifs is 1. The first-order valence-corrected chi connectivity index (χ1v) is 7.75. The van der Waals surface area contributed by atoms with Crippen LogP contribution in [0.15, 0.2) is 35.1 Å². The van der Waals surface area contributed by atoms with Crippen LogP contribution < -0.4 is 11.3 Å². The first kappa shape index (κ1) is 14.5. The van der Waals surface area contributed by atoms with E-state index in [0.717, 1.165) is 27.8 Å². The largest absolute Gasteiger partial charge is 0.365 e. The van der Waals surface area contributed by atoms with Crippen LogP contribution in [0.4, 0.5) is 0 Å². The molecule has 0 aliphatic heterocycles. The third-order valence-electron chi connectivity index (χ3n) is 3.60. The molecule has 0 saturated carbocycles. The number of hydrogen-bond acceptors (Lipinski definition) is 4. The first-order chi connectivity index (χ1) is 10.5. The summed E-state index contributed by atoms with van der Waals surface area (Å²) in [4.78, 5) is 24.5. The molecule has 0 unspecified atom stereocenters. The van der Waals surface area contributed by atoms with Gasteiger partial charge in [0, 0.05) is 17.5 Å². The van der Waals surface area contributed by atoms with Crippen molar-refractivity contribution in [1.82, 2.24) is 9.78 Å². The van der Waals surface area contributed by atoms with Gasteiger partial charge < -0.3 is 5.73 Å². The van der Waals surface area contributed by atoms with Crippen LogP contribution in [0.2, 0.25) is 0 Å². The van der Waals surface area contributed by atoms with E-state index in [-0.39, 0.29) is 5.56 Å². The third-order valence-corrected chi connectivity index (χ3v) is 4.90. The Morgan fingerprint density at radius 1 is 1.32 bits per heavy atom. The fourth-order valence-electron chi connectivity index (χ4n) is 2.53. The average Bonchev–Trinajstić information content (AvgIpc) is 2.87. The predicted octanol–water partition coefficient (Wildman–Crippen LogP) is 2.55. The predicted molar refractivity (Wildman–Crippen MR) is 88.2 cm³/mol. The van der Waals surface area contributed by atoms with Crippen molar-refractivity contribution in [3.63, 3.8) is 0 Å². The highest BCUT2D eigenvalue weighted by Crippen LogP contribution is 2.34. The lowest BCUT2D eigenvalue weighted by Crippen LogP contribution is -2.22. The molecule has 0 aliphatic rings. The molecule has 2 heterocycles. The van der Waals surface area contributed by atoms with Gasteiger partial charge in [-0.1, -0.05) is 30.3 Å². The van der Waals surface area contributed by atoms with Gasteiger partial charge in [0.05, 0.1) is 4.88 Å². The number of primary amides is 1. The van der Waals surface area contributed by atoms with Gasteiger partial charge in [-0.05, 0) is 19.4 Å². The molecule has 0 aliphatic carbocycles. The number of thiophene rings is 1. The molecule has 0 atom stereocenters. The highest BCUT2D eigenvalue weighted by atomic mass is 32.1. The second kappa shape index (κ2) is 5.38. The zero-order chi connectivity index (χ0) is 15.9. The summed E-state index contributed by atoms with van der Waals surface area (Å²) in [6.07, 6.45) is 0. The van der Waals surface area contributed by atoms with Gasteiger partial charge in [-0.3, -0.25) is 9.59 Å². The molecule has 1 aromatic carbocycles. The minimum Gasteiger partial charge on any atom is -0.365 e. The van der Waals surface area contributed by atoms with Gasteiger partial charge in [0.25, 0.3) is 11.5 Å². The lowest BCUT2D eigenvalue weighted by atomic mass is 10.1. The Bertz CT molecular complexity index is 926. The standard InChI is InChI=1S/C16H15N3O2S/c1-3-19-16(21)14-11(9(2)13(22-14)15(17)20)12(18-19)10-7-5-4-6-8-10/h4-8H,3H2,1-2H3,(H2,17,20). The van der Waals surface area contributed by atoms with Crippen LogP contribution in [0.1, 0.15) is 22.2 Å². The number of benzene rings is 1. The van der Waals surface area contributed by atoms with Crippen molar-refractivity contribution in [3.05, 3.63) is 51.1 Å². The molecule has 0 saturated heterocycles. The Morgan fingerprint density at radius 3 is 2.59 bits per heavy atom. The topological polar surface area (TPSA) is 78.0 Å². The minimum atomic E-state index is -0.514. The molecule has 5 nitrogen and oxygen atoms in total. The van der Waals surface area contributed by atoms with Gasteiger partial charge in [0.1, 0.15) is 10.4 Å². The summed E-state index contributed by atoms with van der Waals surface area (Å²) in [5.74, 6) is -0.514. The molecular weight excluding hydrogens is 298 g/mol. The summed E-state index contributed by atoms with van der Waals surface area (Å²) in [5.41, 5.74) is 7.58. The number of nitrogens with zero attached hydrogens (tertiary/aromatic N) is 2. The Labute approximate surface area is 131 Å². The van der Waals surface area contributed by atoms with Gasteiger partial charge in [-0.25, -0.2) is 4.68 Å². The molecule has 1 amide bonds. The number of rotatable bonds is 3. The van der Waals surface area contributed by atoms with Crippen LogP contribution in [-0.2, 0) is 6.54 Å². The van der Waals surface area contributed by atoms with Crippen molar-refractivity contribution in [2.24, 2.45) is 5.73 Å². The van der Waals surface area contributed by atoms with Crippen LogP contribution in [0.3, 0.4) is 0 Å². The normalized spacial score (nSPS) is 11.0. The van der Waals surface area contributed by atoms with Gasteiger partial charge in [-0.15, -0.1) is 11.3 Å². The number of aromatic nitrogens is 2. The molecule has 22 heavy (non-hydrogen) atoms. The van der Waals surface area contributed by atoms with Gasteiger partial charge in [0.15, 0.2) is 0 Å². The summed E-state index contributed by atoms with van der Waals surface area (Å²) in [6, 6.07) is 9.63. The van der Waals surface area contributed by atoms with Gasteiger partial charge in [0.2, 0.25) is 0 Å². The van der Waals surface area contributed by atoms with E-state index in [9.17, 15) is 9.59 Å². The molecule has 0 radical (unpaired) electrons. The molecular formula is C16H15N3O2S. The molecule has 0 spiro atoms. The number of aryl methyl sites for hydroxylation is 2. The Morgan fingerprint density at radius 2 is 2.00 bits per heavy atom. The fourth-order valence-corrected chi connectivity index (χ4v) is 3.63. The van der Waals surface area contributed by atoms with E-state index in [1.165, 1.54) is 4.68 Å². The lowest BCUT2D eigenvalue weighted by Gasteiger charge is -2.08. The molecule has 112 valence electrons. The molecule has 3 rings (SSSR count). The third kappa shape index (κ3) is 2.12. The first-order valence-electron chi connectivity index (χ1n) is 6.94. The molecule has 2 aromatic heterocycles. The van der Waals surface area contributed by atoms with Crippen LogP contribution in [0.5, 0.6) is 0 Å². The fraction of sp³-hybridized carbons (Fsp3) is 0.188. The molecule has 0 fully saturated rings. The maximum Gasteiger partial charge on any atom is 0.284 e. The zero-order valence-corrected chi connectivity index (χ0v) is 13.1. The highest BCUT2D eigenvalue weighted by molar-refractivity contribution is 7.21. The second-order valence-corrected chi connectivity index (χ2v) is 5.98. The average molecular weight is 313 g/mol. The number of amides is 1. The van der Waals surface area contributed by atoms with Crippen molar-refractivity contribution in [2.75, 3.05) is 0 Å². The van der Waals surface area contributed by atoms with E-state index in [2.05, 4.69) is 5.10 Å². The van der Waals surface area contributed by atoms with E-state index in [1.54, 1.807) is 0 Å². The molecule has 6 heteroatoms. The van der Waals surface area contributed by atoms with Crippen LogP contribution in [0.25, 0.3) is 21.3 Å². The van der Waals surface area contributed by atoms with E-state index in [4.69, 9.17) is 5.73 Å². The Hall–Kier alpha value is -2.47. The van der Waals surface area contributed by atoms with Gasteiger partial charge in [-0.2, -0.15) is 5.10 Å². The van der Waals surface area contributed by atoms with Crippen LogP contribution in [-0.4, -0.2) is 15.7 Å². The summed E-state index contributed by atoms with van der Waals surface area (Å²) < 4.78 is 1.95. The van der Waals surface area contributed by atoms with E-state index >= 15 is 0 Å². The van der Waals surface area contributed by atoms with E-state index in [1.807, 2.05) is 44.2 Å². The summed E-state index contributed by atoms with van der Waals surface area (Å²) in [7, 11) is 0. The maximum atomic E-state index is 12.5. The number of carbonyl (C=O) groups excluding carboxylic acids is 1. The van der Waals surface area contributed by atoms with Crippen LogP contribution in [0, 0.1) is 6.92 Å². The Kier molecular flexibility index (Phi) is 3.54. The lowest BCUT2D eigenvalue weighted by molar-refractivity contribution is 0.100. The summed E-state index contributed by atoms with van der Waals surface area (Å²) >= 11 is 1.15. The van der Waals surface area contributed by atoms with Crippen molar-refractivity contribution in [1.29, 1.82) is 0 Å².